The number of sulfonamides is 1. The molecule has 0 bridgehead atoms. The van der Waals surface area contributed by atoms with E-state index in [1.165, 1.54) is 27.8 Å². The molecule has 194 valence electrons. The molecule has 37 heavy (non-hydrogen) atoms. The molecule has 0 radical (unpaired) electrons. The fraction of sp³-hybridized carbons (Fsp3) is 0.333. The molecule has 0 N–H and O–H groups in total. The predicted octanol–water partition coefficient (Wildman–Crippen LogP) is 5.79. The van der Waals surface area contributed by atoms with Crippen molar-refractivity contribution in [1.29, 1.82) is 0 Å². The van der Waals surface area contributed by atoms with Gasteiger partial charge in [0.25, 0.3) is 0 Å². The van der Waals surface area contributed by atoms with Crippen molar-refractivity contribution in [2.45, 2.75) is 44.0 Å². The second-order valence-electron chi connectivity index (χ2n) is 9.50. The van der Waals surface area contributed by atoms with Gasteiger partial charge in [0, 0.05) is 13.1 Å². The maximum absolute atomic E-state index is 14.0. The molecule has 4 aromatic rings. The monoisotopic (exact) mass is 541 g/mol. The number of aromatic nitrogens is 1. The first-order valence-corrected chi connectivity index (χ1v) is 14.5. The number of rotatable bonds is 7. The summed E-state index contributed by atoms with van der Waals surface area (Å²) in [6.45, 7) is 4.77. The van der Waals surface area contributed by atoms with Crippen LogP contribution in [0, 0.1) is 11.7 Å². The van der Waals surface area contributed by atoms with E-state index in [1.807, 2.05) is 12.1 Å². The Bertz CT molecular complexity index is 1500. The van der Waals surface area contributed by atoms with Gasteiger partial charge in [0.1, 0.15) is 11.6 Å². The predicted molar refractivity (Wildman–Crippen MR) is 141 cm³/mol. The van der Waals surface area contributed by atoms with Crippen molar-refractivity contribution in [2.24, 2.45) is 5.92 Å². The number of furan rings is 1. The minimum Gasteiger partial charge on any atom is -0.467 e. The molecule has 1 unspecified atom stereocenters. The lowest BCUT2D eigenvalue weighted by Crippen LogP contribution is -2.46. The Labute approximate surface area is 219 Å². The van der Waals surface area contributed by atoms with Crippen molar-refractivity contribution in [2.75, 3.05) is 18.0 Å². The summed E-state index contributed by atoms with van der Waals surface area (Å²) in [5.41, 5.74) is 1.98. The minimum absolute atomic E-state index is 0.0156. The molecular weight excluding hydrogens is 513 g/mol. The average Bonchev–Trinajstić information content (AvgIpc) is 3.56. The maximum Gasteiger partial charge on any atom is 0.243 e. The van der Waals surface area contributed by atoms with Gasteiger partial charge in [-0.2, -0.15) is 4.31 Å². The summed E-state index contributed by atoms with van der Waals surface area (Å²) in [4.78, 5) is 20.5. The number of anilines is 1. The molecule has 2 aromatic heterocycles. The summed E-state index contributed by atoms with van der Waals surface area (Å²) in [6.07, 6.45) is 2.67. The van der Waals surface area contributed by atoms with Crippen LogP contribution in [-0.2, 0) is 21.4 Å². The first-order chi connectivity index (χ1) is 17.7. The molecule has 1 amide bonds. The Balaban J connectivity index is 1.46. The minimum atomic E-state index is -3.86. The maximum atomic E-state index is 14.0. The first-order valence-electron chi connectivity index (χ1n) is 12.2. The van der Waals surface area contributed by atoms with E-state index in [-0.39, 0.29) is 29.8 Å². The zero-order chi connectivity index (χ0) is 26.2. The number of hydrogen-bond donors (Lipinski definition) is 0. The highest BCUT2D eigenvalue weighted by atomic mass is 32.2. The second-order valence-corrected chi connectivity index (χ2v) is 12.5. The van der Waals surface area contributed by atoms with Gasteiger partial charge in [-0.1, -0.05) is 37.3 Å². The number of para-hydroxylation sites is 1. The van der Waals surface area contributed by atoms with Gasteiger partial charge >= 0.3 is 0 Å². The van der Waals surface area contributed by atoms with Crippen LogP contribution in [0.4, 0.5) is 9.52 Å². The quantitative estimate of drug-likeness (QED) is 0.296. The molecule has 3 heterocycles. The molecule has 5 rings (SSSR count). The van der Waals surface area contributed by atoms with E-state index >= 15 is 0 Å². The summed E-state index contributed by atoms with van der Waals surface area (Å²) in [5, 5.41) is 0.558. The number of hydrogen-bond acceptors (Lipinski definition) is 6. The molecule has 10 heteroatoms. The standard InChI is InChI=1S/C27H28FN3O4S2/c1-18(2)23-8-3-9-24-25(23)29-27(36-24)31(17-21-7-5-15-35-21)26(32)19-6-4-14-30(16-19)37(33,34)22-12-10-20(28)11-13-22/h3,5,7-13,15,18-19H,4,6,14,16-17H2,1-2H3. The van der Waals surface area contributed by atoms with Crippen LogP contribution in [0.15, 0.2) is 70.2 Å². The average molecular weight is 542 g/mol. The van der Waals surface area contributed by atoms with Gasteiger partial charge in [-0.15, -0.1) is 0 Å². The third-order valence-corrected chi connectivity index (χ3v) is 9.56. The first kappa shape index (κ1) is 25.6. The molecule has 1 aliphatic heterocycles. The molecule has 1 fully saturated rings. The summed E-state index contributed by atoms with van der Waals surface area (Å²) >= 11 is 1.44. The fourth-order valence-corrected chi connectivity index (χ4v) is 7.20. The zero-order valence-corrected chi connectivity index (χ0v) is 22.3. The molecule has 1 saturated heterocycles. The number of amides is 1. The van der Waals surface area contributed by atoms with E-state index < -0.39 is 21.8 Å². The smallest absolute Gasteiger partial charge is 0.243 e. The number of benzene rings is 2. The van der Waals surface area contributed by atoms with E-state index in [0.717, 1.165) is 27.9 Å². The molecule has 0 spiro atoms. The zero-order valence-electron chi connectivity index (χ0n) is 20.6. The van der Waals surface area contributed by atoms with E-state index in [1.54, 1.807) is 23.3 Å². The van der Waals surface area contributed by atoms with Crippen molar-refractivity contribution < 1.29 is 22.0 Å². The van der Waals surface area contributed by atoms with Crippen molar-refractivity contribution in [3.63, 3.8) is 0 Å². The van der Waals surface area contributed by atoms with E-state index in [0.29, 0.717) is 30.3 Å². The Hall–Kier alpha value is -3.08. The van der Waals surface area contributed by atoms with Crippen molar-refractivity contribution in [3.8, 4) is 0 Å². The van der Waals surface area contributed by atoms with Crippen LogP contribution in [0.2, 0.25) is 0 Å². The third kappa shape index (κ3) is 5.18. The van der Waals surface area contributed by atoms with Gasteiger partial charge in [-0.25, -0.2) is 17.8 Å². The van der Waals surface area contributed by atoms with E-state index in [9.17, 15) is 17.6 Å². The molecule has 7 nitrogen and oxygen atoms in total. The molecule has 0 saturated carbocycles. The summed E-state index contributed by atoms with van der Waals surface area (Å²) in [7, 11) is -3.86. The summed E-state index contributed by atoms with van der Waals surface area (Å²) < 4.78 is 47.7. The van der Waals surface area contributed by atoms with Gasteiger partial charge in [0.05, 0.1) is 33.8 Å². The highest BCUT2D eigenvalue weighted by molar-refractivity contribution is 7.89. The number of halogens is 1. The fourth-order valence-electron chi connectivity index (χ4n) is 4.68. The van der Waals surface area contributed by atoms with Crippen LogP contribution in [-0.4, -0.2) is 36.7 Å². The number of fused-ring (bicyclic) bond motifs is 1. The number of carbonyl (C=O) groups excluding carboxylic acids is 1. The molecule has 1 aliphatic rings. The lowest BCUT2D eigenvalue weighted by Gasteiger charge is -2.33. The highest BCUT2D eigenvalue weighted by Gasteiger charge is 2.36. The Morgan fingerprint density at radius 2 is 1.97 bits per heavy atom. The van der Waals surface area contributed by atoms with E-state index in [2.05, 4.69) is 19.9 Å². The van der Waals surface area contributed by atoms with Gasteiger partial charge in [0.15, 0.2) is 5.13 Å². The number of thiazole rings is 1. The van der Waals surface area contributed by atoms with Crippen LogP contribution in [0.25, 0.3) is 10.2 Å². The molecule has 1 atom stereocenters. The normalized spacial score (nSPS) is 16.9. The summed E-state index contributed by atoms with van der Waals surface area (Å²) in [5.74, 6) is -0.355. The van der Waals surface area contributed by atoms with Gasteiger partial charge in [0.2, 0.25) is 15.9 Å². The Kier molecular flexibility index (Phi) is 7.15. The van der Waals surface area contributed by atoms with Crippen LogP contribution in [0.3, 0.4) is 0 Å². The van der Waals surface area contributed by atoms with Crippen LogP contribution < -0.4 is 4.90 Å². The number of piperidine rings is 1. The Morgan fingerprint density at radius 1 is 1.19 bits per heavy atom. The largest absolute Gasteiger partial charge is 0.467 e. The second kappa shape index (κ2) is 10.4. The summed E-state index contributed by atoms with van der Waals surface area (Å²) in [6, 6.07) is 14.4. The van der Waals surface area contributed by atoms with Crippen LogP contribution in [0.1, 0.15) is 43.9 Å². The van der Waals surface area contributed by atoms with Crippen molar-refractivity contribution in [3.05, 3.63) is 78.0 Å². The van der Waals surface area contributed by atoms with E-state index in [4.69, 9.17) is 9.40 Å². The highest BCUT2D eigenvalue weighted by Crippen LogP contribution is 2.36. The number of nitrogens with zero attached hydrogens (tertiary/aromatic N) is 3. The van der Waals surface area contributed by atoms with Crippen LogP contribution in [0.5, 0.6) is 0 Å². The SMILES string of the molecule is CC(C)c1cccc2sc(N(Cc3ccco3)C(=O)C3CCCN(S(=O)(=O)c4ccc(F)cc4)C3)nc12. The lowest BCUT2D eigenvalue weighted by atomic mass is 9.98. The molecule has 0 aliphatic carbocycles. The molecule has 2 aromatic carbocycles. The van der Waals surface area contributed by atoms with Gasteiger partial charge in [-0.3, -0.25) is 9.69 Å². The molecular formula is C27H28FN3O4S2. The van der Waals surface area contributed by atoms with Crippen molar-refractivity contribution >= 4 is 42.6 Å². The van der Waals surface area contributed by atoms with Gasteiger partial charge in [-0.05, 0) is 66.8 Å². The third-order valence-electron chi connectivity index (χ3n) is 6.64. The number of carbonyl (C=O) groups is 1. The topological polar surface area (TPSA) is 83.7 Å². The van der Waals surface area contributed by atoms with Crippen molar-refractivity contribution in [1.82, 2.24) is 9.29 Å². The van der Waals surface area contributed by atoms with Crippen LogP contribution >= 0.6 is 11.3 Å². The Morgan fingerprint density at radius 3 is 2.68 bits per heavy atom. The lowest BCUT2D eigenvalue weighted by molar-refractivity contribution is -0.123. The van der Waals surface area contributed by atoms with Gasteiger partial charge < -0.3 is 4.42 Å².